The van der Waals surface area contributed by atoms with E-state index in [9.17, 15) is 19.5 Å². The minimum atomic E-state index is -1.62. The molecule has 0 fully saturated rings. The number of hydrogen-bond donors (Lipinski definition) is 0. The van der Waals surface area contributed by atoms with Gasteiger partial charge >= 0.3 is 11.9 Å². The molecule has 628 valence electrons. The van der Waals surface area contributed by atoms with E-state index in [0.717, 1.165) is 57.8 Å². The smallest absolute Gasteiger partial charge is 0.306 e. The van der Waals surface area contributed by atoms with Crippen molar-refractivity contribution in [3.05, 3.63) is 60.8 Å². The number of nitrogens with zero attached hydrogens (tertiary/aromatic N) is 1. The van der Waals surface area contributed by atoms with E-state index >= 15 is 0 Å². The third-order valence-corrected chi connectivity index (χ3v) is 21.7. The molecule has 0 aromatic heterocycles. The molecule has 0 aromatic rings. The molecular weight excluding hydrogens is 1320 g/mol. The molecule has 0 aliphatic rings. The Morgan fingerprint density at radius 1 is 0.280 bits per heavy atom. The summed E-state index contributed by atoms with van der Waals surface area (Å²) in [5.41, 5.74) is 0. The number of rotatable bonds is 90. The fourth-order valence-electron chi connectivity index (χ4n) is 14.5. The van der Waals surface area contributed by atoms with E-state index in [4.69, 9.17) is 18.9 Å². The topological polar surface area (TPSA) is 111 Å². The maximum absolute atomic E-state index is 13.0. The molecule has 2 unspecified atom stereocenters. The van der Waals surface area contributed by atoms with Gasteiger partial charge in [0.05, 0.1) is 40.3 Å². The average Bonchev–Trinajstić information content (AvgIpc) is 0.965. The number of carboxylic acids is 1. The Morgan fingerprint density at radius 3 is 0.748 bits per heavy atom. The van der Waals surface area contributed by atoms with E-state index in [1.54, 1.807) is 0 Å². The Balaban J connectivity index is 3.87. The predicted octanol–water partition coefficient (Wildman–Crippen LogP) is 29.9. The molecule has 0 heterocycles. The van der Waals surface area contributed by atoms with Gasteiger partial charge in [0.15, 0.2) is 12.4 Å². The van der Waals surface area contributed by atoms with Gasteiger partial charge in [-0.1, -0.05) is 453 Å². The summed E-state index contributed by atoms with van der Waals surface area (Å²) in [6.07, 6.45) is 117. The van der Waals surface area contributed by atoms with Gasteiger partial charge in [-0.3, -0.25) is 9.59 Å². The second-order valence-corrected chi connectivity index (χ2v) is 33.7. The fraction of sp³-hybridized carbons (Fsp3) is 0.867. The van der Waals surface area contributed by atoms with Crippen LogP contribution in [0.25, 0.3) is 0 Å². The highest BCUT2D eigenvalue weighted by atomic mass is 16.7. The van der Waals surface area contributed by atoms with Crippen molar-refractivity contribution < 1.29 is 42.9 Å². The Labute approximate surface area is 666 Å². The molecule has 0 spiro atoms. The largest absolute Gasteiger partial charge is 0.545 e. The molecule has 0 radical (unpaired) electrons. The van der Waals surface area contributed by atoms with Crippen molar-refractivity contribution in [1.29, 1.82) is 0 Å². The number of likely N-dealkylation sites (N-methyl/N-ethyl adjacent to an activating group) is 1. The van der Waals surface area contributed by atoms with Crippen LogP contribution in [0.2, 0.25) is 0 Å². The Morgan fingerprint density at radius 2 is 0.505 bits per heavy atom. The zero-order valence-electron chi connectivity index (χ0n) is 72.3. The van der Waals surface area contributed by atoms with Gasteiger partial charge in [-0.15, -0.1) is 0 Å². The van der Waals surface area contributed by atoms with Crippen LogP contribution < -0.4 is 5.11 Å². The maximum atomic E-state index is 13.0. The summed E-state index contributed by atoms with van der Waals surface area (Å²) < 4.78 is 23.0. The van der Waals surface area contributed by atoms with Crippen molar-refractivity contribution in [2.75, 3.05) is 47.5 Å². The summed E-state index contributed by atoms with van der Waals surface area (Å²) in [6.45, 7) is 4.81. The average molecular weight is 1500 g/mol. The summed E-state index contributed by atoms with van der Waals surface area (Å²) in [6, 6.07) is 0. The normalized spacial score (nSPS) is 12.8. The lowest BCUT2D eigenvalue weighted by molar-refractivity contribution is -0.870. The fourth-order valence-corrected chi connectivity index (χ4v) is 14.5. The number of aliphatic carboxylic acids is 1. The van der Waals surface area contributed by atoms with Crippen LogP contribution in [0.4, 0.5) is 0 Å². The van der Waals surface area contributed by atoms with Crippen LogP contribution in [0.3, 0.4) is 0 Å². The van der Waals surface area contributed by atoms with Gasteiger partial charge in [-0.2, -0.15) is 0 Å². The molecule has 0 aliphatic heterocycles. The molecule has 0 N–H and O–H groups in total. The lowest BCUT2D eigenvalue weighted by atomic mass is 10.0. The van der Waals surface area contributed by atoms with Crippen molar-refractivity contribution in [3.63, 3.8) is 0 Å². The Hall–Kier alpha value is -3.01. The molecule has 0 aromatic carbocycles. The molecule has 0 aliphatic carbocycles. The third kappa shape index (κ3) is 90.1. The molecule has 9 heteroatoms. The van der Waals surface area contributed by atoms with Crippen LogP contribution in [-0.2, 0) is 33.3 Å². The number of hydrogen-bond acceptors (Lipinski definition) is 8. The third-order valence-electron chi connectivity index (χ3n) is 21.7. The molecule has 0 saturated carbocycles. The summed E-state index contributed by atoms with van der Waals surface area (Å²) in [4.78, 5) is 37.7. The molecule has 2 atom stereocenters. The number of unbranched alkanes of at least 4 members (excludes halogenated alkanes) is 65. The van der Waals surface area contributed by atoms with Gasteiger partial charge in [-0.25, -0.2) is 0 Å². The number of carbonyl (C=O) groups excluding carboxylic acids is 3. The SMILES string of the molecule is CCCCCCC/C=C\C/C=C\C/C=C\CCCCCCCCCCCCCCCCCCCCCCCCCCCCC(=O)OC(COC(=O)CCCCCCCCCCCCCCCCCCCCCCCCCCCCCCC/C=C\C/C=C\CCCCCCC)COC(OCC[N+](C)(C)C)C(=O)[O-]. The van der Waals surface area contributed by atoms with Crippen molar-refractivity contribution in [3.8, 4) is 0 Å². The first-order valence-corrected chi connectivity index (χ1v) is 47.4. The first kappa shape index (κ1) is 104. The second kappa shape index (κ2) is 88.6. The van der Waals surface area contributed by atoms with E-state index in [-0.39, 0.29) is 32.2 Å². The first-order valence-electron chi connectivity index (χ1n) is 47.4. The van der Waals surface area contributed by atoms with E-state index in [1.807, 2.05) is 21.1 Å². The summed E-state index contributed by atoms with van der Waals surface area (Å²) in [5.74, 6) is -2.24. The minimum absolute atomic E-state index is 0.151. The maximum Gasteiger partial charge on any atom is 0.306 e. The van der Waals surface area contributed by atoms with Gasteiger partial charge in [0.2, 0.25) is 0 Å². The van der Waals surface area contributed by atoms with Gasteiger partial charge in [0.25, 0.3) is 0 Å². The predicted molar refractivity (Wildman–Crippen MR) is 463 cm³/mol. The summed E-state index contributed by atoms with van der Waals surface area (Å²) in [7, 11) is 5.96. The lowest BCUT2D eigenvalue weighted by Crippen LogP contribution is -2.44. The highest BCUT2D eigenvalue weighted by molar-refractivity contribution is 5.70. The quantitative estimate of drug-likeness (QED) is 0.0195. The van der Waals surface area contributed by atoms with Crippen molar-refractivity contribution in [1.82, 2.24) is 0 Å². The van der Waals surface area contributed by atoms with E-state index in [2.05, 4.69) is 74.6 Å². The molecule has 107 heavy (non-hydrogen) atoms. The van der Waals surface area contributed by atoms with Crippen molar-refractivity contribution >= 4 is 17.9 Å². The monoisotopic (exact) mass is 1500 g/mol. The molecule has 9 nitrogen and oxygen atoms in total. The number of ether oxygens (including phenoxy) is 4. The van der Waals surface area contributed by atoms with Gasteiger partial charge < -0.3 is 33.3 Å². The number of carboxylic acid groups (broad SMARTS) is 1. The number of allylic oxidation sites excluding steroid dienone is 10. The van der Waals surface area contributed by atoms with Crippen LogP contribution in [0.15, 0.2) is 60.8 Å². The zero-order chi connectivity index (χ0) is 77.4. The molecular formula is C98H183NO8. The van der Waals surface area contributed by atoms with Crippen LogP contribution >= 0.6 is 0 Å². The van der Waals surface area contributed by atoms with E-state index < -0.39 is 24.3 Å². The van der Waals surface area contributed by atoms with Crippen LogP contribution in [0.5, 0.6) is 0 Å². The molecule has 0 bridgehead atoms. The second-order valence-electron chi connectivity index (χ2n) is 33.7. The number of esters is 2. The molecule has 0 saturated heterocycles. The van der Waals surface area contributed by atoms with Crippen molar-refractivity contribution in [2.24, 2.45) is 0 Å². The summed E-state index contributed by atoms with van der Waals surface area (Å²) in [5, 5.41) is 11.9. The van der Waals surface area contributed by atoms with Crippen molar-refractivity contribution in [2.45, 2.75) is 501 Å². The number of quaternary nitrogens is 1. The first-order chi connectivity index (χ1) is 52.6. The van der Waals surface area contributed by atoms with Gasteiger partial charge in [0, 0.05) is 12.8 Å². The van der Waals surface area contributed by atoms with Gasteiger partial charge in [0.1, 0.15) is 13.2 Å². The Kier molecular flexibility index (Phi) is 86.1. The number of carbonyl (C=O) groups is 3. The van der Waals surface area contributed by atoms with E-state index in [0.29, 0.717) is 17.4 Å². The molecule has 0 amide bonds. The highest BCUT2D eigenvalue weighted by Gasteiger charge is 2.22. The minimum Gasteiger partial charge on any atom is -0.545 e. The van der Waals surface area contributed by atoms with Crippen LogP contribution in [0.1, 0.15) is 489 Å². The molecule has 0 rings (SSSR count). The standard InChI is InChI=1S/C98H183NO8/c1-6-8-10-12-14-16-18-20-22-24-26-28-30-32-34-36-38-40-42-44-46-48-50-52-54-56-58-60-62-64-66-68-70-72-74-76-78-80-82-84-86-88-95(100)105-92-94(93-106-98(97(102)103)104-91-90-99(3,4)5)107-96(101)89-87-85-83-81-79-77-75-73-71-69-67-65-63-61-59-57-55-53-51-49-47-45-43-41-39-37-35-33-31-29-27-25-23-21-19-17-15-13-11-9-7-2/h18-21,24-27,31,33,94,98H,6-17,22-23,28-30,32,34-93H2,1-5H3/b20-18-,21-19-,26-24-,27-25-,33-31-. The Bertz CT molecular complexity index is 1950. The summed E-state index contributed by atoms with van der Waals surface area (Å²) >= 11 is 0. The highest BCUT2D eigenvalue weighted by Crippen LogP contribution is 2.21. The van der Waals surface area contributed by atoms with E-state index in [1.165, 1.54) is 405 Å². The van der Waals surface area contributed by atoms with Crippen LogP contribution in [0, 0.1) is 0 Å². The van der Waals surface area contributed by atoms with Gasteiger partial charge in [-0.05, 0) is 83.5 Å². The lowest BCUT2D eigenvalue weighted by Gasteiger charge is -2.26. The zero-order valence-corrected chi connectivity index (χ0v) is 72.3. The van der Waals surface area contributed by atoms with Crippen LogP contribution in [-0.4, -0.2) is 82.3 Å².